The lowest BCUT2D eigenvalue weighted by Gasteiger charge is -2.09. The first kappa shape index (κ1) is 11.7. The maximum atomic E-state index is 11.6. The van der Waals surface area contributed by atoms with Crippen molar-refractivity contribution in [3.8, 4) is 0 Å². The molecule has 1 heterocycles. The Kier molecular flexibility index (Phi) is 3.85. The molecule has 0 aliphatic heterocycles. The number of nitrogens with one attached hydrogen (secondary N) is 1. The Morgan fingerprint density at radius 2 is 2.40 bits per heavy atom. The van der Waals surface area contributed by atoms with Crippen molar-refractivity contribution in [2.45, 2.75) is 13.8 Å². The second-order valence-electron chi connectivity index (χ2n) is 3.79. The van der Waals surface area contributed by atoms with Gasteiger partial charge in [0.15, 0.2) is 0 Å². The van der Waals surface area contributed by atoms with Crippen molar-refractivity contribution >= 4 is 5.91 Å². The van der Waals surface area contributed by atoms with Crippen molar-refractivity contribution in [1.29, 1.82) is 0 Å². The maximum absolute atomic E-state index is 11.6. The third-order valence-electron chi connectivity index (χ3n) is 2.16. The summed E-state index contributed by atoms with van der Waals surface area (Å²) in [6.45, 7) is 4.26. The molecular formula is C10H17N3O2. The zero-order valence-electron chi connectivity index (χ0n) is 9.32. The van der Waals surface area contributed by atoms with E-state index in [2.05, 4.69) is 10.4 Å². The Bertz CT molecular complexity index is 346. The zero-order valence-corrected chi connectivity index (χ0v) is 9.32. The van der Waals surface area contributed by atoms with E-state index in [0.717, 1.165) is 5.69 Å². The number of rotatable bonds is 4. The van der Waals surface area contributed by atoms with Gasteiger partial charge in [-0.25, -0.2) is 0 Å². The summed E-state index contributed by atoms with van der Waals surface area (Å²) in [5.74, 6) is -0.0818. The van der Waals surface area contributed by atoms with Crippen LogP contribution in [0, 0.1) is 12.8 Å². The second-order valence-corrected chi connectivity index (χ2v) is 3.79. The van der Waals surface area contributed by atoms with Crippen LogP contribution in [0.2, 0.25) is 0 Å². The minimum absolute atomic E-state index is 0.0725. The van der Waals surface area contributed by atoms with E-state index in [0.29, 0.717) is 12.2 Å². The highest BCUT2D eigenvalue weighted by molar-refractivity contribution is 5.92. The summed E-state index contributed by atoms with van der Waals surface area (Å²) in [5.41, 5.74) is 1.36. The van der Waals surface area contributed by atoms with Gasteiger partial charge in [0.05, 0.1) is 5.69 Å². The Labute approximate surface area is 89.1 Å². The predicted octanol–water partition coefficient (Wildman–Crippen LogP) is 0.0867. The van der Waals surface area contributed by atoms with Gasteiger partial charge in [-0.3, -0.25) is 9.48 Å². The fourth-order valence-corrected chi connectivity index (χ4v) is 1.25. The lowest BCUT2D eigenvalue weighted by Crippen LogP contribution is -2.30. The number of aliphatic hydroxyl groups is 1. The molecule has 1 amide bonds. The van der Waals surface area contributed by atoms with Crippen LogP contribution in [0.5, 0.6) is 0 Å². The van der Waals surface area contributed by atoms with E-state index in [-0.39, 0.29) is 18.4 Å². The molecule has 1 aromatic rings. The van der Waals surface area contributed by atoms with Crippen molar-refractivity contribution in [1.82, 2.24) is 15.1 Å². The van der Waals surface area contributed by atoms with Gasteiger partial charge in [0.25, 0.3) is 5.91 Å². The Morgan fingerprint density at radius 3 is 2.87 bits per heavy atom. The first-order chi connectivity index (χ1) is 7.04. The lowest BCUT2D eigenvalue weighted by atomic mass is 10.2. The molecule has 0 aromatic carbocycles. The number of aryl methyl sites for hydroxylation is 2. The molecule has 84 valence electrons. The van der Waals surface area contributed by atoms with E-state index in [1.54, 1.807) is 17.8 Å². The van der Waals surface area contributed by atoms with Crippen LogP contribution >= 0.6 is 0 Å². The number of carbonyl (C=O) groups is 1. The first-order valence-corrected chi connectivity index (χ1v) is 4.94. The summed E-state index contributed by atoms with van der Waals surface area (Å²) in [6, 6.07) is 1.74. The molecule has 0 spiro atoms. The molecule has 1 atom stereocenters. The first-order valence-electron chi connectivity index (χ1n) is 4.94. The molecule has 1 unspecified atom stereocenters. The van der Waals surface area contributed by atoms with Crippen molar-refractivity contribution < 1.29 is 9.90 Å². The van der Waals surface area contributed by atoms with E-state index < -0.39 is 0 Å². The summed E-state index contributed by atoms with van der Waals surface area (Å²) in [4.78, 5) is 11.6. The van der Waals surface area contributed by atoms with E-state index >= 15 is 0 Å². The van der Waals surface area contributed by atoms with Crippen LogP contribution in [0.15, 0.2) is 6.07 Å². The number of carbonyl (C=O) groups excluding carboxylic acids is 1. The van der Waals surface area contributed by atoms with E-state index in [1.165, 1.54) is 0 Å². The smallest absolute Gasteiger partial charge is 0.269 e. The van der Waals surface area contributed by atoms with Crippen LogP contribution in [-0.4, -0.2) is 33.9 Å². The molecule has 0 radical (unpaired) electrons. The van der Waals surface area contributed by atoms with Crippen molar-refractivity contribution in [3.05, 3.63) is 17.5 Å². The monoisotopic (exact) mass is 211 g/mol. The summed E-state index contributed by atoms with van der Waals surface area (Å²) in [5, 5.41) is 15.6. The Morgan fingerprint density at radius 1 is 1.73 bits per heavy atom. The van der Waals surface area contributed by atoms with E-state index in [1.807, 2.05) is 13.8 Å². The summed E-state index contributed by atoms with van der Waals surface area (Å²) < 4.78 is 1.55. The quantitative estimate of drug-likeness (QED) is 0.741. The van der Waals surface area contributed by atoms with Crippen molar-refractivity contribution in [2.75, 3.05) is 13.2 Å². The summed E-state index contributed by atoms with van der Waals surface area (Å²) in [7, 11) is 1.73. The average Bonchev–Trinajstić information content (AvgIpc) is 2.53. The molecule has 15 heavy (non-hydrogen) atoms. The zero-order chi connectivity index (χ0) is 11.4. The fraction of sp³-hybridized carbons (Fsp3) is 0.600. The molecule has 0 saturated heterocycles. The van der Waals surface area contributed by atoms with Gasteiger partial charge in [0.2, 0.25) is 0 Å². The molecule has 0 aliphatic carbocycles. The fourth-order valence-electron chi connectivity index (χ4n) is 1.25. The minimum atomic E-state index is -0.154. The number of amides is 1. The summed E-state index contributed by atoms with van der Waals surface area (Å²) >= 11 is 0. The largest absolute Gasteiger partial charge is 0.396 e. The predicted molar refractivity (Wildman–Crippen MR) is 56.5 cm³/mol. The number of aliphatic hydroxyl groups excluding tert-OH is 1. The minimum Gasteiger partial charge on any atom is -0.396 e. The van der Waals surface area contributed by atoms with Crippen LogP contribution in [0.1, 0.15) is 23.1 Å². The molecule has 5 heteroatoms. The van der Waals surface area contributed by atoms with Gasteiger partial charge >= 0.3 is 0 Å². The third-order valence-corrected chi connectivity index (χ3v) is 2.16. The molecule has 0 saturated carbocycles. The topological polar surface area (TPSA) is 67.2 Å². The van der Waals surface area contributed by atoms with Gasteiger partial charge < -0.3 is 10.4 Å². The van der Waals surface area contributed by atoms with Crippen LogP contribution in [-0.2, 0) is 7.05 Å². The normalized spacial score (nSPS) is 12.5. The van der Waals surface area contributed by atoms with Gasteiger partial charge in [-0.05, 0) is 18.9 Å². The van der Waals surface area contributed by atoms with Crippen molar-refractivity contribution in [2.24, 2.45) is 13.0 Å². The van der Waals surface area contributed by atoms with Crippen molar-refractivity contribution in [3.63, 3.8) is 0 Å². The average molecular weight is 211 g/mol. The number of hydrogen-bond acceptors (Lipinski definition) is 3. The van der Waals surface area contributed by atoms with Gasteiger partial charge in [0, 0.05) is 20.2 Å². The molecule has 0 fully saturated rings. The molecule has 0 bridgehead atoms. The van der Waals surface area contributed by atoms with Gasteiger partial charge in [0.1, 0.15) is 5.69 Å². The Hall–Kier alpha value is -1.36. The number of nitrogens with zero attached hydrogens (tertiary/aromatic N) is 2. The van der Waals surface area contributed by atoms with Gasteiger partial charge in [-0.2, -0.15) is 5.10 Å². The van der Waals surface area contributed by atoms with Gasteiger partial charge in [-0.15, -0.1) is 0 Å². The highest BCUT2D eigenvalue weighted by Gasteiger charge is 2.11. The standard InChI is InChI=1S/C10H17N3O2/c1-7(6-14)5-11-10(15)9-4-8(2)12-13(9)3/h4,7,14H,5-6H2,1-3H3,(H,11,15). The SMILES string of the molecule is Cc1cc(C(=O)NCC(C)CO)n(C)n1. The molecular weight excluding hydrogens is 194 g/mol. The number of hydrogen-bond donors (Lipinski definition) is 2. The Balaban J connectivity index is 2.58. The van der Waals surface area contributed by atoms with E-state index in [4.69, 9.17) is 5.11 Å². The van der Waals surface area contributed by atoms with Crippen LogP contribution in [0.25, 0.3) is 0 Å². The van der Waals surface area contributed by atoms with Gasteiger partial charge in [-0.1, -0.05) is 6.92 Å². The van der Waals surface area contributed by atoms with E-state index in [9.17, 15) is 4.79 Å². The molecule has 1 rings (SSSR count). The molecule has 1 aromatic heterocycles. The molecule has 5 nitrogen and oxygen atoms in total. The highest BCUT2D eigenvalue weighted by atomic mass is 16.3. The maximum Gasteiger partial charge on any atom is 0.269 e. The highest BCUT2D eigenvalue weighted by Crippen LogP contribution is 2.01. The second kappa shape index (κ2) is 4.93. The van der Waals surface area contributed by atoms with Crippen LogP contribution in [0.3, 0.4) is 0 Å². The van der Waals surface area contributed by atoms with Crippen LogP contribution in [0.4, 0.5) is 0 Å². The third kappa shape index (κ3) is 3.06. The molecule has 2 N–H and O–H groups in total. The summed E-state index contributed by atoms with van der Waals surface area (Å²) in [6.07, 6.45) is 0. The van der Waals surface area contributed by atoms with Crippen LogP contribution < -0.4 is 5.32 Å². The lowest BCUT2D eigenvalue weighted by molar-refractivity contribution is 0.0933. The number of aromatic nitrogens is 2. The molecule has 0 aliphatic rings.